The maximum atomic E-state index is 13.3. The summed E-state index contributed by atoms with van der Waals surface area (Å²) in [5.41, 5.74) is 5.74. The van der Waals surface area contributed by atoms with E-state index in [0.29, 0.717) is 0 Å². The number of nitrogens with zero attached hydrogens (tertiary/aromatic N) is 1. The molecule has 0 saturated heterocycles. The van der Waals surface area contributed by atoms with Crippen molar-refractivity contribution < 1.29 is 9.18 Å². The van der Waals surface area contributed by atoms with E-state index in [4.69, 9.17) is 11.0 Å². The Kier molecular flexibility index (Phi) is 4.81. The maximum Gasteiger partial charge on any atom is 0.241 e. The van der Waals surface area contributed by atoms with Gasteiger partial charge in [-0.05, 0) is 18.1 Å². The fraction of sp³-hybridized carbons (Fsp3) is 0.385. The van der Waals surface area contributed by atoms with Gasteiger partial charge in [0.1, 0.15) is 17.4 Å². The van der Waals surface area contributed by atoms with Crippen molar-refractivity contribution in [2.75, 3.05) is 5.32 Å². The molecule has 5 heteroatoms. The van der Waals surface area contributed by atoms with Crippen molar-refractivity contribution in [2.24, 2.45) is 11.7 Å². The SMILES string of the molecule is CCC(C)[C@H](N)C(=O)Nc1cccc(F)c1C#N. The number of hydrogen-bond donors (Lipinski definition) is 2. The van der Waals surface area contributed by atoms with Gasteiger partial charge in [-0.2, -0.15) is 5.26 Å². The molecule has 0 aliphatic heterocycles. The summed E-state index contributed by atoms with van der Waals surface area (Å²) in [5.74, 6) is -1.05. The molecule has 1 amide bonds. The molecule has 1 aromatic rings. The summed E-state index contributed by atoms with van der Waals surface area (Å²) in [7, 11) is 0. The summed E-state index contributed by atoms with van der Waals surface area (Å²) in [6.45, 7) is 3.79. The third-order valence-corrected chi connectivity index (χ3v) is 2.94. The molecular formula is C13H16FN3O. The second kappa shape index (κ2) is 6.12. The minimum atomic E-state index is -0.676. The molecule has 0 aromatic heterocycles. The van der Waals surface area contributed by atoms with Crippen LogP contribution < -0.4 is 11.1 Å². The quantitative estimate of drug-likeness (QED) is 0.856. The fourth-order valence-electron chi connectivity index (χ4n) is 1.47. The number of amides is 1. The Balaban J connectivity index is 2.89. The number of rotatable bonds is 4. The molecule has 1 rings (SSSR count). The van der Waals surface area contributed by atoms with Gasteiger partial charge in [0, 0.05) is 0 Å². The van der Waals surface area contributed by atoms with Crippen molar-refractivity contribution >= 4 is 11.6 Å². The lowest BCUT2D eigenvalue weighted by Gasteiger charge is -2.18. The monoisotopic (exact) mass is 249 g/mol. The second-order valence-electron chi connectivity index (χ2n) is 4.17. The van der Waals surface area contributed by atoms with Crippen LogP contribution in [0.5, 0.6) is 0 Å². The zero-order valence-corrected chi connectivity index (χ0v) is 10.4. The molecule has 4 nitrogen and oxygen atoms in total. The maximum absolute atomic E-state index is 13.3. The number of nitrogens with two attached hydrogens (primary N) is 1. The Morgan fingerprint density at radius 2 is 2.28 bits per heavy atom. The highest BCUT2D eigenvalue weighted by Crippen LogP contribution is 2.18. The lowest BCUT2D eigenvalue weighted by atomic mass is 9.99. The average molecular weight is 249 g/mol. The minimum absolute atomic E-state index is 0.0177. The number of hydrogen-bond acceptors (Lipinski definition) is 3. The van der Waals surface area contributed by atoms with Gasteiger partial charge >= 0.3 is 0 Å². The van der Waals surface area contributed by atoms with Gasteiger partial charge < -0.3 is 11.1 Å². The van der Waals surface area contributed by atoms with E-state index in [9.17, 15) is 9.18 Å². The van der Waals surface area contributed by atoms with E-state index in [0.717, 1.165) is 6.42 Å². The van der Waals surface area contributed by atoms with Crippen LogP contribution in [0, 0.1) is 23.1 Å². The van der Waals surface area contributed by atoms with E-state index in [1.54, 1.807) is 6.07 Å². The predicted molar refractivity (Wildman–Crippen MR) is 67.2 cm³/mol. The smallest absolute Gasteiger partial charge is 0.241 e. The number of halogens is 1. The third kappa shape index (κ3) is 3.05. The van der Waals surface area contributed by atoms with E-state index < -0.39 is 17.8 Å². The number of anilines is 1. The first kappa shape index (κ1) is 14.1. The lowest BCUT2D eigenvalue weighted by Crippen LogP contribution is -2.40. The average Bonchev–Trinajstić information content (AvgIpc) is 2.37. The Labute approximate surface area is 106 Å². The first-order valence-corrected chi connectivity index (χ1v) is 5.76. The van der Waals surface area contributed by atoms with Gasteiger partial charge in [-0.3, -0.25) is 4.79 Å². The molecule has 0 radical (unpaired) electrons. The van der Waals surface area contributed by atoms with Gasteiger partial charge in [0.25, 0.3) is 0 Å². The topological polar surface area (TPSA) is 78.9 Å². The molecule has 0 saturated carbocycles. The molecule has 96 valence electrons. The Bertz CT molecular complexity index is 482. The molecule has 0 aliphatic rings. The highest BCUT2D eigenvalue weighted by molar-refractivity contribution is 5.96. The van der Waals surface area contributed by atoms with Crippen LogP contribution in [0.1, 0.15) is 25.8 Å². The summed E-state index contributed by atoms with van der Waals surface area (Å²) in [5, 5.41) is 11.3. The van der Waals surface area contributed by atoms with E-state index in [2.05, 4.69) is 5.32 Å². The zero-order chi connectivity index (χ0) is 13.7. The van der Waals surface area contributed by atoms with Crippen LogP contribution in [0.15, 0.2) is 18.2 Å². The molecule has 2 atom stereocenters. The molecule has 18 heavy (non-hydrogen) atoms. The van der Waals surface area contributed by atoms with Crippen molar-refractivity contribution in [2.45, 2.75) is 26.3 Å². The van der Waals surface area contributed by atoms with Gasteiger partial charge in [0.15, 0.2) is 0 Å². The first-order chi connectivity index (χ1) is 8.51. The van der Waals surface area contributed by atoms with Crippen LogP contribution in [0.2, 0.25) is 0 Å². The number of carbonyl (C=O) groups is 1. The van der Waals surface area contributed by atoms with Gasteiger partial charge in [0.2, 0.25) is 5.91 Å². The van der Waals surface area contributed by atoms with E-state index >= 15 is 0 Å². The standard InChI is InChI=1S/C13H16FN3O/c1-3-8(2)12(16)13(18)17-11-6-4-5-10(14)9(11)7-15/h4-6,8,12H,3,16H2,1-2H3,(H,17,18)/t8?,12-/m0/s1. The van der Waals surface area contributed by atoms with Gasteiger partial charge in [-0.1, -0.05) is 26.3 Å². The highest BCUT2D eigenvalue weighted by Gasteiger charge is 2.20. The molecule has 1 unspecified atom stereocenters. The fourth-order valence-corrected chi connectivity index (χ4v) is 1.47. The Morgan fingerprint density at radius 1 is 1.61 bits per heavy atom. The molecule has 0 spiro atoms. The molecule has 0 heterocycles. The number of carbonyl (C=O) groups excluding carboxylic acids is 1. The Hall–Kier alpha value is -1.93. The third-order valence-electron chi connectivity index (χ3n) is 2.94. The number of benzene rings is 1. The van der Waals surface area contributed by atoms with Gasteiger partial charge in [-0.15, -0.1) is 0 Å². The van der Waals surface area contributed by atoms with Crippen molar-refractivity contribution in [1.29, 1.82) is 5.26 Å². The molecule has 0 aliphatic carbocycles. The van der Waals surface area contributed by atoms with Crippen LogP contribution in [0.25, 0.3) is 0 Å². The van der Waals surface area contributed by atoms with Crippen LogP contribution in [-0.4, -0.2) is 11.9 Å². The van der Waals surface area contributed by atoms with Crippen LogP contribution in [0.4, 0.5) is 10.1 Å². The van der Waals surface area contributed by atoms with E-state index in [1.165, 1.54) is 18.2 Å². The summed E-state index contributed by atoms with van der Waals surface area (Å²) >= 11 is 0. The van der Waals surface area contributed by atoms with Gasteiger partial charge in [0.05, 0.1) is 11.7 Å². The zero-order valence-electron chi connectivity index (χ0n) is 10.4. The lowest BCUT2D eigenvalue weighted by molar-refractivity contribution is -0.118. The van der Waals surface area contributed by atoms with Gasteiger partial charge in [-0.25, -0.2) is 4.39 Å². The van der Waals surface area contributed by atoms with E-state index in [1.807, 2.05) is 13.8 Å². The van der Waals surface area contributed by atoms with Crippen molar-refractivity contribution in [3.05, 3.63) is 29.6 Å². The molecule has 0 bridgehead atoms. The highest BCUT2D eigenvalue weighted by atomic mass is 19.1. The Morgan fingerprint density at radius 3 is 2.83 bits per heavy atom. The first-order valence-electron chi connectivity index (χ1n) is 5.76. The number of nitrogens with one attached hydrogen (secondary N) is 1. The normalized spacial score (nSPS) is 13.5. The van der Waals surface area contributed by atoms with Crippen molar-refractivity contribution in [3.63, 3.8) is 0 Å². The van der Waals surface area contributed by atoms with Crippen LogP contribution >= 0.6 is 0 Å². The van der Waals surface area contributed by atoms with Crippen LogP contribution in [0.3, 0.4) is 0 Å². The molecule has 1 aromatic carbocycles. The summed E-state index contributed by atoms with van der Waals surface area (Å²) in [4.78, 5) is 11.8. The van der Waals surface area contributed by atoms with Crippen molar-refractivity contribution in [3.8, 4) is 6.07 Å². The predicted octanol–water partition coefficient (Wildman–Crippen LogP) is 2.01. The van der Waals surface area contributed by atoms with E-state index in [-0.39, 0.29) is 17.2 Å². The summed E-state index contributed by atoms with van der Waals surface area (Å²) in [6.07, 6.45) is 0.767. The summed E-state index contributed by atoms with van der Waals surface area (Å²) < 4.78 is 13.3. The van der Waals surface area contributed by atoms with Crippen molar-refractivity contribution in [1.82, 2.24) is 0 Å². The number of nitriles is 1. The molecule has 3 N–H and O–H groups in total. The molecule has 0 fully saturated rings. The summed E-state index contributed by atoms with van der Waals surface area (Å²) in [6, 6.07) is 5.12. The molecular weight excluding hydrogens is 233 g/mol. The second-order valence-corrected chi connectivity index (χ2v) is 4.17. The van der Waals surface area contributed by atoms with Crippen LogP contribution in [-0.2, 0) is 4.79 Å². The largest absolute Gasteiger partial charge is 0.323 e. The minimum Gasteiger partial charge on any atom is -0.323 e.